The summed E-state index contributed by atoms with van der Waals surface area (Å²) >= 11 is 0. The van der Waals surface area contributed by atoms with E-state index in [-0.39, 0.29) is 11.8 Å². The smallest absolute Gasteiger partial charge is 0.225 e. The minimum Gasteiger partial charge on any atom is -0.355 e. The van der Waals surface area contributed by atoms with E-state index < -0.39 is 0 Å². The van der Waals surface area contributed by atoms with Crippen molar-refractivity contribution >= 4 is 11.7 Å². The maximum Gasteiger partial charge on any atom is 0.225 e. The average Bonchev–Trinajstić information content (AvgIpc) is 2.92. The number of piperidine rings is 1. The van der Waals surface area contributed by atoms with Crippen LogP contribution in [0.5, 0.6) is 0 Å². The van der Waals surface area contributed by atoms with Crippen molar-refractivity contribution in [2.24, 2.45) is 13.0 Å². The van der Waals surface area contributed by atoms with Crippen molar-refractivity contribution in [2.45, 2.75) is 26.3 Å². The van der Waals surface area contributed by atoms with Crippen molar-refractivity contribution in [3.63, 3.8) is 0 Å². The van der Waals surface area contributed by atoms with Crippen LogP contribution in [-0.4, -0.2) is 33.5 Å². The van der Waals surface area contributed by atoms with Gasteiger partial charge in [-0.1, -0.05) is 0 Å². The van der Waals surface area contributed by atoms with Gasteiger partial charge in [0, 0.05) is 43.9 Å². The van der Waals surface area contributed by atoms with Crippen LogP contribution in [0.1, 0.15) is 24.2 Å². The molecule has 1 amide bonds. The molecule has 23 heavy (non-hydrogen) atoms. The number of anilines is 1. The van der Waals surface area contributed by atoms with Crippen LogP contribution in [0.3, 0.4) is 0 Å². The maximum atomic E-state index is 12.5. The number of hydrogen-bond donors (Lipinski definition) is 1. The Balaban J connectivity index is 1.58. The highest BCUT2D eigenvalue weighted by Gasteiger charge is 2.26. The van der Waals surface area contributed by atoms with Crippen LogP contribution in [0, 0.1) is 12.8 Å². The molecule has 6 heteroatoms. The molecule has 0 bridgehead atoms. The van der Waals surface area contributed by atoms with Crippen molar-refractivity contribution in [1.82, 2.24) is 19.9 Å². The fraction of sp³-hybridized carbons (Fsp3) is 0.471. The molecular weight excluding hydrogens is 290 g/mol. The summed E-state index contributed by atoms with van der Waals surface area (Å²) in [6.07, 6.45) is 7.04. The Labute approximate surface area is 136 Å². The Morgan fingerprint density at radius 3 is 2.96 bits per heavy atom. The van der Waals surface area contributed by atoms with Gasteiger partial charge in [-0.25, -0.2) is 4.98 Å². The van der Waals surface area contributed by atoms with Crippen LogP contribution >= 0.6 is 0 Å². The molecule has 1 aliphatic heterocycles. The van der Waals surface area contributed by atoms with E-state index in [1.54, 1.807) is 18.6 Å². The molecule has 0 spiro atoms. The summed E-state index contributed by atoms with van der Waals surface area (Å²) in [5.41, 5.74) is 2.32. The van der Waals surface area contributed by atoms with Crippen molar-refractivity contribution in [3.05, 3.63) is 42.1 Å². The molecule has 0 radical (unpaired) electrons. The molecule has 3 rings (SSSR count). The molecule has 0 aromatic carbocycles. The first-order chi connectivity index (χ1) is 11.1. The Morgan fingerprint density at radius 2 is 2.26 bits per heavy atom. The zero-order valence-corrected chi connectivity index (χ0v) is 13.7. The first-order valence-corrected chi connectivity index (χ1v) is 8.05. The molecule has 1 N–H and O–H groups in total. The van der Waals surface area contributed by atoms with Gasteiger partial charge in [0.1, 0.15) is 5.82 Å². The van der Waals surface area contributed by atoms with Gasteiger partial charge in [0.25, 0.3) is 0 Å². The van der Waals surface area contributed by atoms with Crippen LogP contribution in [0.2, 0.25) is 0 Å². The molecule has 2 aromatic heterocycles. The van der Waals surface area contributed by atoms with Crippen LogP contribution in [0.4, 0.5) is 5.82 Å². The first-order valence-electron chi connectivity index (χ1n) is 8.05. The van der Waals surface area contributed by atoms with Crippen LogP contribution < -0.4 is 10.2 Å². The zero-order chi connectivity index (χ0) is 16.2. The van der Waals surface area contributed by atoms with Gasteiger partial charge in [0.15, 0.2) is 0 Å². The van der Waals surface area contributed by atoms with Crippen molar-refractivity contribution < 1.29 is 4.79 Å². The lowest BCUT2D eigenvalue weighted by molar-refractivity contribution is -0.125. The number of nitrogens with zero attached hydrogens (tertiary/aromatic N) is 4. The number of amides is 1. The summed E-state index contributed by atoms with van der Waals surface area (Å²) in [5.74, 6) is 0.979. The Bertz CT molecular complexity index is 667. The van der Waals surface area contributed by atoms with Crippen molar-refractivity contribution in [1.29, 1.82) is 0 Å². The lowest BCUT2D eigenvalue weighted by Gasteiger charge is -2.32. The van der Waals surface area contributed by atoms with Gasteiger partial charge in [0.2, 0.25) is 5.91 Å². The highest BCUT2D eigenvalue weighted by molar-refractivity contribution is 5.79. The molecular formula is C17H23N5O. The molecule has 1 aliphatic rings. The standard InChI is InChI=1S/C17H23N5O/c1-13-5-6-15(21(13)2)10-20-17(23)14-4-3-9-22(12-14)16-11-18-7-8-19-16/h5-8,11,14H,3-4,9-10,12H2,1-2H3,(H,20,23). The fourth-order valence-electron chi connectivity index (χ4n) is 3.02. The number of aryl methyl sites for hydroxylation is 1. The van der Waals surface area contributed by atoms with Gasteiger partial charge < -0.3 is 14.8 Å². The van der Waals surface area contributed by atoms with Gasteiger partial charge in [-0.3, -0.25) is 9.78 Å². The van der Waals surface area contributed by atoms with Crippen LogP contribution in [0.25, 0.3) is 0 Å². The van der Waals surface area contributed by atoms with Crippen LogP contribution in [0.15, 0.2) is 30.7 Å². The van der Waals surface area contributed by atoms with E-state index in [1.807, 2.05) is 7.05 Å². The van der Waals surface area contributed by atoms with E-state index in [0.29, 0.717) is 13.1 Å². The number of aromatic nitrogens is 3. The van der Waals surface area contributed by atoms with Gasteiger partial charge in [0.05, 0.1) is 18.7 Å². The number of carbonyl (C=O) groups excluding carboxylic acids is 1. The first kappa shape index (κ1) is 15.5. The number of nitrogens with one attached hydrogen (secondary N) is 1. The summed E-state index contributed by atoms with van der Waals surface area (Å²) < 4.78 is 2.10. The number of rotatable bonds is 4. The van der Waals surface area contributed by atoms with E-state index in [2.05, 4.69) is 43.8 Å². The molecule has 0 aliphatic carbocycles. The van der Waals surface area contributed by atoms with E-state index in [9.17, 15) is 4.79 Å². The molecule has 2 aromatic rings. The van der Waals surface area contributed by atoms with Crippen LogP contribution in [-0.2, 0) is 18.4 Å². The van der Waals surface area contributed by atoms with Gasteiger partial charge in [-0.05, 0) is 31.9 Å². The molecule has 1 saturated heterocycles. The maximum absolute atomic E-state index is 12.5. The van der Waals surface area contributed by atoms with E-state index >= 15 is 0 Å². The number of carbonyl (C=O) groups is 1. The average molecular weight is 313 g/mol. The highest BCUT2D eigenvalue weighted by Crippen LogP contribution is 2.21. The Kier molecular flexibility index (Phi) is 4.60. The number of hydrogen-bond acceptors (Lipinski definition) is 4. The van der Waals surface area contributed by atoms with Gasteiger partial charge in [-0.2, -0.15) is 0 Å². The second-order valence-electron chi connectivity index (χ2n) is 6.09. The van der Waals surface area contributed by atoms with Gasteiger partial charge >= 0.3 is 0 Å². The normalized spacial score (nSPS) is 18.0. The third-order valence-corrected chi connectivity index (χ3v) is 4.59. The highest BCUT2D eigenvalue weighted by atomic mass is 16.1. The topological polar surface area (TPSA) is 63.1 Å². The SMILES string of the molecule is Cc1ccc(CNC(=O)C2CCCN(c3cnccn3)C2)n1C. The zero-order valence-electron chi connectivity index (χ0n) is 13.7. The largest absolute Gasteiger partial charge is 0.355 e. The third kappa shape index (κ3) is 3.52. The lowest BCUT2D eigenvalue weighted by Crippen LogP contribution is -2.43. The minimum atomic E-state index is 0.00659. The summed E-state index contributed by atoms with van der Waals surface area (Å²) in [5, 5.41) is 3.07. The van der Waals surface area contributed by atoms with Crippen molar-refractivity contribution in [3.8, 4) is 0 Å². The molecule has 1 atom stereocenters. The Morgan fingerprint density at radius 1 is 1.39 bits per heavy atom. The van der Waals surface area contributed by atoms with E-state index in [1.165, 1.54) is 5.69 Å². The summed E-state index contributed by atoms with van der Waals surface area (Å²) in [6, 6.07) is 4.13. The summed E-state index contributed by atoms with van der Waals surface area (Å²) in [7, 11) is 2.02. The summed E-state index contributed by atoms with van der Waals surface area (Å²) in [6.45, 7) is 4.27. The molecule has 3 heterocycles. The third-order valence-electron chi connectivity index (χ3n) is 4.59. The fourth-order valence-corrected chi connectivity index (χ4v) is 3.02. The van der Waals surface area contributed by atoms with Gasteiger partial charge in [-0.15, -0.1) is 0 Å². The summed E-state index contributed by atoms with van der Waals surface area (Å²) in [4.78, 5) is 23.1. The van der Waals surface area contributed by atoms with E-state index in [0.717, 1.165) is 30.9 Å². The Hall–Kier alpha value is -2.37. The molecule has 122 valence electrons. The van der Waals surface area contributed by atoms with Crippen molar-refractivity contribution in [2.75, 3.05) is 18.0 Å². The quantitative estimate of drug-likeness (QED) is 0.932. The molecule has 1 fully saturated rings. The predicted molar refractivity (Wildman–Crippen MR) is 89.0 cm³/mol. The molecule has 6 nitrogen and oxygen atoms in total. The monoisotopic (exact) mass is 313 g/mol. The minimum absolute atomic E-state index is 0.00659. The predicted octanol–water partition coefficient (Wildman–Crippen LogP) is 1.66. The second kappa shape index (κ2) is 6.81. The molecule has 1 unspecified atom stereocenters. The second-order valence-corrected chi connectivity index (χ2v) is 6.09. The lowest BCUT2D eigenvalue weighted by atomic mass is 9.97. The van der Waals surface area contributed by atoms with E-state index in [4.69, 9.17) is 0 Å². The molecule has 0 saturated carbocycles.